The second kappa shape index (κ2) is 8.23. The van der Waals surface area contributed by atoms with E-state index in [0.29, 0.717) is 29.7 Å². The third-order valence-electron chi connectivity index (χ3n) is 4.20. The molecule has 0 unspecified atom stereocenters. The van der Waals surface area contributed by atoms with Crippen LogP contribution in [0.15, 0.2) is 47.1 Å². The molecule has 0 amide bonds. The molecule has 0 spiro atoms. The van der Waals surface area contributed by atoms with Crippen LogP contribution in [0.5, 0.6) is 0 Å². The summed E-state index contributed by atoms with van der Waals surface area (Å²) in [4.78, 5) is 14.6. The second-order valence-electron chi connectivity index (χ2n) is 6.35. The minimum absolute atomic E-state index is 0.119. The van der Waals surface area contributed by atoms with E-state index in [0.717, 1.165) is 11.6 Å². The van der Waals surface area contributed by atoms with Gasteiger partial charge in [-0.3, -0.25) is 9.78 Å². The molecule has 1 aromatic carbocycles. The Balaban J connectivity index is 1.45. The average Bonchev–Trinajstić information content (AvgIpc) is 3.40. The fourth-order valence-electron chi connectivity index (χ4n) is 2.74. The number of alkyl halides is 2. The van der Waals surface area contributed by atoms with E-state index < -0.39 is 18.1 Å². The lowest BCUT2D eigenvalue weighted by molar-refractivity contribution is 0.111. The molecule has 0 aliphatic heterocycles. The smallest absolute Gasteiger partial charge is 0.314 e. The van der Waals surface area contributed by atoms with Gasteiger partial charge in [-0.15, -0.1) is 15.3 Å². The van der Waals surface area contributed by atoms with Crippen LogP contribution in [-0.4, -0.2) is 36.5 Å². The zero-order chi connectivity index (χ0) is 21.1. The Morgan fingerprint density at radius 3 is 2.67 bits per heavy atom. The zero-order valence-electron chi connectivity index (χ0n) is 15.2. The molecular formula is C19H13F3N6O2. The van der Waals surface area contributed by atoms with Gasteiger partial charge in [0.2, 0.25) is 5.89 Å². The Kier molecular flexibility index (Phi) is 5.33. The molecule has 4 aromatic rings. The summed E-state index contributed by atoms with van der Waals surface area (Å²) in [5.41, 5.74) is 2.36. The zero-order valence-corrected chi connectivity index (χ0v) is 15.2. The van der Waals surface area contributed by atoms with Gasteiger partial charge in [-0.25, -0.2) is 9.07 Å². The molecule has 0 bridgehead atoms. The Morgan fingerprint density at radius 1 is 1.13 bits per heavy atom. The number of carbonyl (C=O) groups excluding carboxylic acids is 1. The van der Waals surface area contributed by atoms with E-state index in [1.807, 2.05) is 0 Å². The maximum atomic E-state index is 14.5. The molecule has 0 radical (unpaired) electrons. The van der Waals surface area contributed by atoms with E-state index >= 15 is 0 Å². The van der Waals surface area contributed by atoms with E-state index in [4.69, 9.17) is 4.42 Å². The third kappa shape index (κ3) is 4.24. The maximum Gasteiger partial charge on any atom is 0.314 e. The largest absolute Gasteiger partial charge is 0.415 e. The molecule has 0 aliphatic carbocycles. The molecule has 3 aromatic heterocycles. The molecule has 8 nitrogen and oxygen atoms in total. The first-order valence-electron chi connectivity index (χ1n) is 8.71. The highest BCUT2D eigenvalue weighted by Gasteiger charge is 2.18. The molecule has 0 aliphatic rings. The Morgan fingerprint density at radius 2 is 2.00 bits per heavy atom. The average molecular weight is 414 g/mol. The monoisotopic (exact) mass is 414 g/mol. The van der Waals surface area contributed by atoms with Crippen LogP contribution in [-0.2, 0) is 13.0 Å². The number of halogens is 3. The molecular weight excluding hydrogens is 401 g/mol. The molecule has 30 heavy (non-hydrogen) atoms. The molecule has 152 valence electrons. The van der Waals surface area contributed by atoms with Crippen molar-refractivity contribution < 1.29 is 22.4 Å². The molecule has 11 heteroatoms. The molecule has 0 saturated heterocycles. The highest BCUT2D eigenvalue weighted by atomic mass is 19.3. The number of nitrogens with zero attached hydrogens (tertiary/aromatic N) is 6. The van der Waals surface area contributed by atoms with Crippen molar-refractivity contribution in [3.63, 3.8) is 0 Å². The van der Waals surface area contributed by atoms with Gasteiger partial charge in [0.05, 0.1) is 12.2 Å². The highest BCUT2D eigenvalue weighted by Crippen LogP contribution is 2.25. The second-order valence-corrected chi connectivity index (χ2v) is 6.35. The lowest BCUT2D eigenvalue weighted by atomic mass is 10.1. The Bertz CT molecular complexity index is 1170. The summed E-state index contributed by atoms with van der Waals surface area (Å²) >= 11 is 0. The van der Waals surface area contributed by atoms with Crippen LogP contribution in [0.2, 0.25) is 0 Å². The summed E-state index contributed by atoms with van der Waals surface area (Å²) in [6.45, 7) is 0.119. The summed E-state index contributed by atoms with van der Waals surface area (Å²) in [6, 6.07) is 7.50. The SMILES string of the molecule is O=Cc1ccc(Cc2cn(Cc3ccc(-c4nnc(C(F)F)o4)cc3F)nn2)cn1. The summed E-state index contributed by atoms with van der Waals surface area (Å²) < 4.78 is 45.9. The number of pyridine rings is 1. The lowest BCUT2D eigenvalue weighted by Crippen LogP contribution is -2.03. The van der Waals surface area contributed by atoms with Gasteiger partial charge < -0.3 is 4.42 Å². The van der Waals surface area contributed by atoms with Crippen molar-refractivity contribution in [2.24, 2.45) is 0 Å². The van der Waals surface area contributed by atoms with Crippen LogP contribution < -0.4 is 0 Å². The van der Waals surface area contributed by atoms with E-state index in [1.54, 1.807) is 24.5 Å². The first kappa shape index (κ1) is 19.4. The van der Waals surface area contributed by atoms with Gasteiger partial charge in [0, 0.05) is 29.9 Å². The topological polar surface area (TPSA) is 99.6 Å². The van der Waals surface area contributed by atoms with Crippen LogP contribution in [0.25, 0.3) is 11.5 Å². The standard InChI is InChI=1S/C19H13F3N6O2/c20-16-6-12(18-25-26-19(30-18)17(21)22)2-3-13(16)8-28-9-15(24-27-28)5-11-1-4-14(10-29)23-7-11/h1-4,6-7,9-10,17H,5,8H2. The maximum absolute atomic E-state index is 14.5. The van der Waals surface area contributed by atoms with Crippen molar-refractivity contribution in [1.82, 2.24) is 30.2 Å². The van der Waals surface area contributed by atoms with E-state index in [2.05, 4.69) is 25.5 Å². The summed E-state index contributed by atoms with van der Waals surface area (Å²) in [6.07, 6.45) is 1.48. The number of carbonyl (C=O) groups is 1. The van der Waals surface area contributed by atoms with E-state index in [9.17, 15) is 18.0 Å². The van der Waals surface area contributed by atoms with Gasteiger partial charge in [0.1, 0.15) is 11.5 Å². The fraction of sp³-hybridized carbons (Fsp3) is 0.158. The number of hydrogen-bond acceptors (Lipinski definition) is 7. The van der Waals surface area contributed by atoms with Crippen LogP contribution in [0.3, 0.4) is 0 Å². The van der Waals surface area contributed by atoms with Gasteiger partial charge in [-0.05, 0) is 23.8 Å². The van der Waals surface area contributed by atoms with Crippen molar-refractivity contribution >= 4 is 6.29 Å². The van der Waals surface area contributed by atoms with Crippen molar-refractivity contribution in [3.05, 3.63) is 76.9 Å². The molecule has 0 atom stereocenters. The van der Waals surface area contributed by atoms with Crippen molar-refractivity contribution in [2.45, 2.75) is 19.4 Å². The Labute approximate surface area is 167 Å². The predicted molar refractivity (Wildman–Crippen MR) is 96.2 cm³/mol. The minimum atomic E-state index is -2.89. The highest BCUT2D eigenvalue weighted by molar-refractivity contribution is 5.71. The quantitative estimate of drug-likeness (QED) is 0.428. The number of hydrogen-bond donors (Lipinski definition) is 0. The van der Waals surface area contributed by atoms with Gasteiger partial charge in [0.15, 0.2) is 6.29 Å². The first-order chi connectivity index (χ1) is 14.5. The van der Waals surface area contributed by atoms with Crippen molar-refractivity contribution in [3.8, 4) is 11.5 Å². The van der Waals surface area contributed by atoms with Crippen LogP contribution >= 0.6 is 0 Å². The van der Waals surface area contributed by atoms with Gasteiger partial charge in [-0.2, -0.15) is 8.78 Å². The number of aromatic nitrogens is 6. The van der Waals surface area contributed by atoms with Crippen molar-refractivity contribution in [2.75, 3.05) is 0 Å². The molecule has 0 fully saturated rings. The minimum Gasteiger partial charge on any atom is -0.415 e. The fourth-order valence-corrected chi connectivity index (χ4v) is 2.74. The van der Waals surface area contributed by atoms with Gasteiger partial charge >= 0.3 is 6.43 Å². The summed E-state index contributed by atoms with van der Waals surface area (Å²) in [5, 5.41) is 14.8. The third-order valence-corrected chi connectivity index (χ3v) is 4.20. The van der Waals surface area contributed by atoms with E-state index in [-0.39, 0.29) is 18.0 Å². The summed E-state index contributed by atoms with van der Waals surface area (Å²) in [7, 11) is 0. The molecule has 0 saturated carbocycles. The van der Waals surface area contributed by atoms with E-state index in [1.165, 1.54) is 16.8 Å². The normalized spacial score (nSPS) is 11.2. The van der Waals surface area contributed by atoms with Gasteiger partial charge in [0.25, 0.3) is 5.89 Å². The lowest BCUT2D eigenvalue weighted by Gasteiger charge is -2.04. The predicted octanol–water partition coefficient (Wildman–Crippen LogP) is 3.25. The van der Waals surface area contributed by atoms with Crippen LogP contribution in [0.1, 0.15) is 39.6 Å². The molecule has 4 rings (SSSR count). The Hall–Kier alpha value is -3.89. The first-order valence-corrected chi connectivity index (χ1v) is 8.71. The van der Waals surface area contributed by atoms with Crippen LogP contribution in [0.4, 0.5) is 13.2 Å². The number of aldehydes is 1. The van der Waals surface area contributed by atoms with Crippen LogP contribution in [0, 0.1) is 5.82 Å². The summed E-state index contributed by atoms with van der Waals surface area (Å²) in [5.74, 6) is -1.58. The number of rotatable bonds is 7. The van der Waals surface area contributed by atoms with Crippen molar-refractivity contribution in [1.29, 1.82) is 0 Å². The number of benzene rings is 1. The van der Waals surface area contributed by atoms with Gasteiger partial charge in [-0.1, -0.05) is 17.3 Å². The molecule has 0 N–H and O–H groups in total. The molecule has 3 heterocycles.